The van der Waals surface area contributed by atoms with Gasteiger partial charge in [-0.25, -0.2) is 4.98 Å². The second kappa shape index (κ2) is 5.54. The van der Waals surface area contributed by atoms with E-state index in [-0.39, 0.29) is 0 Å². The van der Waals surface area contributed by atoms with Crippen LogP contribution in [0.25, 0.3) is 11.0 Å². The van der Waals surface area contributed by atoms with Crippen LogP contribution in [-0.2, 0) is 12.4 Å². The van der Waals surface area contributed by atoms with Gasteiger partial charge in [-0.15, -0.1) is 11.6 Å². The van der Waals surface area contributed by atoms with Crippen LogP contribution in [0.5, 0.6) is 0 Å². The van der Waals surface area contributed by atoms with Crippen molar-refractivity contribution in [3.8, 4) is 0 Å². The van der Waals surface area contributed by atoms with Crippen molar-refractivity contribution in [2.45, 2.75) is 51.5 Å². The van der Waals surface area contributed by atoms with Gasteiger partial charge in [-0.05, 0) is 30.9 Å². The Morgan fingerprint density at radius 2 is 2.11 bits per heavy atom. The van der Waals surface area contributed by atoms with Gasteiger partial charge in [0.05, 0.1) is 16.9 Å². The Morgan fingerprint density at radius 1 is 1.32 bits per heavy atom. The molecule has 1 aliphatic rings. The highest BCUT2D eigenvalue weighted by molar-refractivity contribution is 6.16. The first-order valence-corrected chi connectivity index (χ1v) is 7.83. The van der Waals surface area contributed by atoms with Crippen LogP contribution in [0.4, 0.5) is 0 Å². The van der Waals surface area contributed by atoms with Crippen LogP contribution in [-0.4, -0.2) is 9.55 Å². The zero-order chi connectivity index (χ0) is 13.2. The van der Waals surface area contributed by atoms with Crippen molar-refractivity contribution in [1.82, 2.24) is 9.55 Å². The molecule has 102 valence electrons. The smallest absolute Gasteiger partial charge is 0.124 e. The molecule has 0 saturated heterocycles. The second-order valence-electron chi connectivity index (χ2n) is 5.70. The molecule has 0 N–H and O–H groups in total. The van der Waals surface area contributed by atoms with Crippen LogP contribution in [0.3, 0.4) is 0 Å². The van der Waals surface area contributed by atoms with Crippen molar-refractivity contribution in [1.29, 1.82) is 0 Å². The molecule has 1 aromatic heterocycles. The number of nitrogens with zero attached hydrogens (tertiary/aromatic N) is 2. The number of para-hydroxylation sites is 1. The molecule has 3 heteroatoms. The van der Waals surface area contributed by atoms with Crippen molar-refractivity contribution in [3.63, 3.8) is 0 Å². The van der Waals surface area contributed by atoms with Crippen molar-refractivity contribution in [2.75, 3.05) is 0 Å². The second-order valence-corrected chi connectivity index (χ2v) is 5.96. The standard InChI is InChI=1S/C16H21ClN2/c1-12-5-4-8-14-16(12)18-15(11-17)19(14)10-9-13-6-2-3-7-13/h4-5,8,13H,2-3,6-7,9-11H2,1H3. The van der Waals surface area contributed by atoms with Gasteiger partial charge < -0.3 is 4.57 Å². The molecule has 19 heavy (non-hydrogen) atoms. The predicted molar refractivity (Wildman–Crippen MR) is 80.6 cm³/mol. The SMILES string of the molecule is Cc1cccc2c1nc(CCl)n2CCC1CCCC1. The maximum Gasteiger partial charge on any atom is 0.124 e. The molecule has 1 aromatic carbocycles. The maximum atomic E-state index is 6.07. The normalized spacial score (nSPS) is 16.5. The first kappa shape index (κ1) is 13.0. The molecule has 3 rings (SSSR count). The summed E-state index contributed by atoms with van der Waals surface area (Å²) in [5.74, 6) is 2.42. The number of imidazole rings is 1. The Hall–Kier alpha value is -1.02. The van der Waals surface area contributed by atoms with Crippen LogP contribution in [0.15, 0.2) is 18.2 Å². The number of alkyl halides is 1. The summed E-state index contributed by atoms with van der Waals surface area (Å²) < 4.78 is 2.33. The van der Waals surface area contributed by atoms with E-state index >= 15 is 0 Å². The quantitative estimate of drug-likeness (QED) is 0.743. The summed E-state index contributed by atoms with van der Waals surface area (Å²) in [5.41, 5.74) is 3.60. The lowest BCUT2D eigenvalue weighted by molar-refractivity contribution is 0.458. The van der Waals surface area contributed by atoms with E-state index in [4.69, 9.17) is 16.6 Å². The predicted octanol–water partition coefficient (Wildman–Crippen LogP) is 4.66. The first-order valence-electron chi connectivity index (χ1n) is 7.30. The van der Waals surface area contributed by atoms with E-state index in [2.05, 4.69) is 29.7 Å². The fraction of sp³-hybridized carbons (Fsp3) is 0.562. The molecule has 0 amide bonds. The average molecular weight is 277 g/mol. The maximum absolute atomic E-state index is 6.07. The highest BCUT2D eigenvalue weighted by Crippen LogP contribution is 2.29. The minimum Gasteiger partial charge on any atom is -0.327 e. The summed E-state index contributed by atoms with van der Waals surface area (Å²) >= 11 is 6.07. The Bertz CT molecular complexity index is 567. The fourth-order valence-corrected chi connectivity index (χ4v) is 3.50. The van der Waals surface area contributed by atoms with E-state index in [1.54, 1.807) is 0 Å². The lowest BCUT2D eigenvalue weighted by Crippen LogP contribution is -2.06. The monoisotopic (exact) mass is 276 g/mol. The third kappa shape index (κ3) is 2.51. The number of halogens is 1. The minimum absolute atomic E-state index is 0.499. The molecule has 1 saturated carbocycles. The van der Waals surface area contributed by atoms with Gasteiger partial charge in [-0.1, -0.05) is 37.8 Å². The first-order chi connectivity index (χ1) is 9.29. The lowest BCUT2D eigenvalue weighted by atomic mass is 10.0. The number of fused-ring (bicyclic) bond motifs is 1. The molecular formula is C16H21ClN2. The van der Waals surface area contributed by atoms with E-state index in [1.165, 1.54) is 43.2 Å². The number of rotatable bonds is 4. The molecular weight excluding hydrogens is 256 g/mol. The fourth-order valence-electron chi connectivity index (χ4n) is 3.30. The van der Waals surface area contributed by atoms with Gasteiger partial charge in [-0.2, -0.15) is 0 Å². The minimum atomic E-state index is 0.499. The third-order valence-corrected chi connectivity index (χ3v) is 4.65. The Kier molecular flexibility index (Phi) is 3.79. The molecule has 1 aliphatic carbocycles. The summed E-state index contributed by atoms with van der Waals surface area (Å²) in [4.78, 5) is 4.71. The summed E-state index contributed by atoms with van der Waals surface area (Å²) in [7, 11) is 0. The van der Waals surface area contributed by atoms with Gasteiger partial charge in [-0.3, -0.25) is 0 Å². The zero-order valence-electron chi connectivity index (χ0n) is 11.5. The van der Waals surface area contributed by atoms with Crippen molar-refractivity contribution in [3.05, 3.63) is 29.6 Å². The topological polar surface area (TPSA) is 17.8 Å². The Morgan fingerprint density at radius 3 is 2.84 bits per heavy atom. The average Bonchev–Trinajstić information content (AvgIpc) is 3.03. The molecule has 1 heterocycles. The summed E-state index contributed by atoms with van der Waals surface area (Å²) in [6, 6.07) is 6.40. The van der Waals surface area contributed by atoms with E-state index in [0.29, 0.717) is 5.88 Å². The van der Waals surface area contributed by atoms with Gasteiger partial charge >= 0.3 is 0 Å². The number of aryl methyl sites for hydroxylation is 2. The van der Waals surface area contributed by atoms with Crippen LogP contribution >= 0.6 is 11.6 Å². The number of benzene rings is 1. The molecule has 0 radical (unpaired) electrons. The lowest BCUT2D eigenvalue weighted by Gasteiger charge is -2.12. The van der Waals surface area contributed by atoms with Gasteiger partial charge in [0, 0.05) is 6.54 Å². The Balaban J connectivity index is 1.89. The number of hydrogen-bond donors (Lipinski definition) is 0. The molecule has 2 aromatic rings. The molecule has 0 aliphatic heterocycles. The largest absolute Gasteiger partial charge is 0.327 e. The highest BCUT2D eigenvalue weighted by Gasteiger charge is 2.17. The summed E-state index contributed by atoms with van der Waals surface area (Å²) in [6.45, 7) is 3.18. The molecule has 1 fully saturated rings. The van der Waals surface area contributed by atoms with Crippen molar-refractivity contribution < 1.29 is 0 Å². The van der Waals surface area contributed by atoms with Gasteiger partial charge in [0.1, 0.15) is 5.82 Å². The molecule has 0 bridgehead atoms. The van der Waals surface area contributed by atoms with Crippen LogP contribution in [0.1, 0.15) is 43.5 Å². The molecule has 0 unspecified atom stereocenters. The van der Waals surface area contributed by atoms with E-state index in [0.717, 1.165) is 23.8 Å². The summed E-state index contributed by atoms with van der Waals surface area (Å²) in [6.07, 6.45) is 6.90. The van der Waals surface area contributed by atoms with Gasteiger partial charge in [0.2, 0.25) is 0 Å². The Labute approximate surface area is 119 Å². The van der Waals surface area contributed by atoms with E-state index < -0.39 is 0 Å². The van der Waals surface area contributed by atoms with Crippen molar-refractivity contribution in [2.24, 2.45) is 5.92 Å². The van der Waals surface area contributed by atoms with Crippen LogP contribution in [0.2, 0.25) is 0 Å². The van der Waals surface area contributed by atoms with Crippen LogP contribution in [0, 0.1) is 12.8 Å². The number of hydrogen-bond acceptors (Lipinski definition) is 1. The van der Waals surface area contributed by atoms with E-state index in [9.17, 15) is 0 Å². The molecule has 2 nitrogen and oxygen atoms in total. The third-order valence-electron chi connectivity index (χ3n) is 4.41. The molecule has 0 spiro atoms. The number of aromatic nitrogens is 2. The van der Waals surface area contributed by atoms with Gasteiger partial charge in [0.15, 0.2) is 0 Å². The van der Waals surface area contributed by atoms with Crippen molar-refractivity contribution >= 4 is 22.6 Å². The highest BCUT2D eigenvalue weighted by atomic mass is 35.5. The van der Waals surface area contributed by atoms with E-state index in [1.807, 2.05) is 0 Å². The van der Waals surface area contributed by atoms with Crippen LogP contribution < -0.4 is 0 Å². The zero-order valence-corrected chi connectivity index (χ0v) is 12.3. The van der Waals surface area contributed by atoms with Gasteiger partial charge in [0.25, 0.3) is 0 Å². The molecule has 0 atom stereocenters. The summed E-state index contributed by atoms with van der Waals surface area (Å²) in [5, 5.41) is 0.